The Labute approximate surface area is 214 Å². The van der Waals surface area contributed by atoms with Gasteiger partial charge in [0, 0.05) is 12.2 Å². The molecule has 1 atom stereocenters. The maximum atomic E-state index is 13.6. The van der Waals surface area contributed by atoms with Crippen molar-refractivity contribution in [2.75, 3.05) is 11.9 Å². The molecule has 6 nitrogen and oxygen atoms in total. The zero-order valence-corrected chi connectivity index (χ0v) is 21.3. The molecule has 0 spiro atoms. The largest absolute Gasteiger partial charge is 0.322 e. The lowest BCUT2D eigenvalue weighted by molar-refractivity contribution is 0.189. The Kier molecular flexibility index (Phi) is 7.43. The highest BCUT2D eigenvalue weighted by molar-refractivity contribution is 6.42. The number of urea groups is 1. The summed E-state index contributed by atoms with van der Waals surface area (Å²) in [5.41, 5.74) is 2.72. The number of aromatic nitrogens is 2. The van der Waals surface area contributed by atoms with Gasteiger partial charge in [-0.25, -0.2) is 9.78 Å². The first-order valence-corrected chi connectivity index (χ1v) is 12.2. The van der Waals surface area contributed by atoms with E-state index in [1.54, 1.807) is 33.7 Å². The summed E-state index contributed by atoms with van der Waals surface area (Å²) in [5.74, 6) is 0.482. The molecule has 4 rings (SSSR count). The van der Waals surface area contributed by atoms with E-state index in [0.29, 0.717) is 44.7 Å². The maximum absolute atomic E-state index is 13.6. The van der Waals surface area contributed by atoms with E-state index in [9.17, 15) is 9.59 Å². The number of rotatable bonds is 6. The summed E-state index contributed by atoms with van der Waals surface area (Å²) in [6, 6.07) is 19.0. The van der Waals surface area contributed by atoms with Crippen LogP contribution in [0.2, 0.25) is 10.0 Å². The predicted octanol–water partition coefficient (Wildman–Crippen LogP) is 7.01. The lowest BCUT2D eigenvalue weighted by Crippen LogP contribution is -2.40. The second kappa shape index (κ2) is 10.5. The molecule has 8 heteroatoms. The summed E-state index contributed by atoms with van der Waals surface area (Å²) >= 11 is 12.1. The number of hydrogen-bond acceptors (Lipinski definition) is 3. The number of para-hydroxylation sites is 1. The summed E-state index contributed by atoms with van der Waals surface area (Å²) < 4.78 is 1.60. The molecule has 0 saturated heterocycles. The molecule has 1 aromatic heterocycles. The van der Waals surface area contributed by atoms with Crippen LogP contribution in [-0.2, 0) is 0 Å². The highest BCUT2D eigenvalue weighted by atomic mass is 35.5. The summed E-state index contributed by atoms with van der Waals surface area (Å²) in [6.45, 7) is 6.33. The minimum absolute atomic E-state index is 0.178. The van der Waals surface area contributed by atoms with E-state index < -0.39 is 6.04 Å². The Bertz CT molecular complexity index is 1430. The van der Waals surface area contributed by atoms with Crippen LogP contribution in [0.4, 0.5) is 10.5 Å². The van der Waals surface area contributed by atoms with E-state index in [1.165, 1.54) is 0 Å². The Morgan fingerprint density at radius 3 is 2.46 bits per heavy atom. The topological polar surface area (TPSA) is 67.2 Å². The Balaban J connectivity index is 1.81. The maximum Gasteiger partial charge on any atom is 0.322 e. The molecule has 2 amide bonds. The first-order chi connectivity index (χ1) is 16.8. The van der Waals surface area contributed by atoms with Gasteiger partial charge in [0.2, 0.25) is 0 Å². The third-order valence-corrected chi connectivity index (χ3v) is 6.57. The average molecular weight is 509 g/mol. The summed E-state index contributed by atoms with van der Waals surface area (Å²) in [5, 5.41) is 4.17. The van der Waals surface area contributed by atoms with E-state index in [0.717, 1.165) is 12.0 Å². The van der Waals surface area contributed by atoms with Gasteiger partial charge in [0.1, 0.15) is 5.82 Å². The van der Waals surface area contributed by atoms with Crippen molar-refractivity contribution < 1.29 is 4.79 Å². The van der Waals surface area contributed by atoms with E-state index in [-0.39, 0.29) is 11.6 Å². The molecule has 0 aliphatic rings. The van der Waals surface area contributed by atoms with Crippen molar-refractivity contribution in [2.45, 2.75) is 33.2 Å². The van der Waals surface area contributed by atoms with Crippen LogP contribution in [0.1, 0.15) is 37.7 Å². The fourth-order valence-corrected chi connectivity index (χ4v) is 4.29. The van der Waals surface area contributed by atoms with Crippen molar-refractivity contribution >= 4 is 45.8 Å². The van der Waals surface area contributed by atoms with Crippen molar-refractivity contribution in [3.05, 3.63) is 98.5 Å². The second-order valence-corrected chi connectivity index (χ2v) is 9.21. The number of hydrogen-bond donors (Lipinski definition) is 1. The van der Waals surface area contributed by atoms with Crippen LogP contribution in [-0.4, -0.2) is 27.0 Å². The minimum atomic E-state index is -0.503. The molecule has 4 aromatic rings. The molecule has 0 fully saturated rings. The summed E-state index contributed by atoms with van der Waals surface area (Å²) in [6.07, 6.45) is 0.724. The van der Waals surface area contributed by atoms with Crippen molar-refractivity contribution in [1.82, 2.24) is 14.5 Å². The van der Waals surface area contributed by atoms with Crippen LogP contribution in [0.3, 0.4) is 0 Å². The number of carbonyl (C=O) groups excluding carboxylic acids is 1. The van der Waals surface area contributed by atoms with Crippen LogP contribution < -0.4 is 10.9 Å². The van der Waals surface area contributed by atoms with Crippen LogP contribution in [0.25, 0.3) is 16.6 Å². The van der Waals surface area contributed by atoms with Crippen LogP contribution >= 0.6 is 23.2 Å². The van der Waals surface area contributed by atoms with Gasteiger partial charge in [0.05, 0.1) is 32.7 Å². The zero-order valence-electron chi connectivity index (χ0n) is 19.8. The van der Waals surface area contributed by atoms with Gasteiger partial charge in [-0.1, -0.05) is 60.0 Å². The number of halogens is 2. The molecule has 35 heavy (non-hydrogen) atoms. The lowest BCUT2D eigenvalue weighted by Gasteiger charge is -2.30. The van der Waals surface area contributed by atoms with Crippen molar-refractivity contribution in [3.63, 3.8) is 0 Å². The Morgan fingerprint density at radius 1 is 1.06 bits per heavy atom. The van der Waals surface area contributed by atoms with Crippen molar-refractivity contribution in [3.8, 4) is 5.69 Å². The molecule has 0 aliphatic carbocycles. The minimum Gasteiger partial charge on any atom is -0.315 e. The molecule has 0 radical (unpaired) electrons. The van der Waals surface area contributed by atoms with Gasteiger partial charge >= 0.3 is 6.03 Å². The second-order valence-electron chi connectivity index (χ2n) is 8.39. The highest BCUT2D eigenvalue weighted by Gasteiger charge is 2.26. The first-order valence-electron chi connectivity index (χ1n) is 11.4. The smallest absolute Gasteiger partial charge is 0.315 e. The predicted molar refractivity (Wildman–Crippen MR) is 143 cm³/mol. The normalized spacial score (nSPS) is 11.9. The molecule has 180 valence electrons. The molecule has 0 unspecified atom stereocenters. The van der Waals surface area contributed by atoms with E-state index in [2.05, 4.69) is 5.32 Å². The quantitative estimate of drug-likeness (QED) is 0.304. The summed E-state index contributed by atoms with van der Waals surface area (Å²) in [7, 11) is 0. The fraction of sp³-hybridized carbons (Fsp3) is 0.222. The third-order valence-electron chi connectivity index (χ3n) is 5.83. The number of nitrogens with zero attached hydrogens (tertiary/aromatic N) is 3. The molecule has 0 bridgehead atoms. The van der Waals surface area contributed by atoms with Crippen LogP contribution in [0.15, 0.2) is 71.5 Å². The molecular formula is C27H26Cl2N4O2. The van der Waals surface area contributed by atoms with E-state index in [4.69, 9.17) is 28.2 Å². The van der Waals surface area contributed by atoms with Gasteiger partial charge in [-0.3, -0.25) is 9.36 Å². The molecule has 3 aromatic carbocycles. The fourth-order valence-electron chi connectivity index (χ4n) is 3.99. The van der Waals surface area contributed by atoms with Gasteiger partial charge in [0.25, 0.3) is 5.56 Å². The summed E-state index contributed by atoms with van der Waals surface area (Å²) in [4.78, 5) is 33.5. The number of fused-ring (bicyclic) bond motifs is 1. The average Bonchev–Trinajstić information content (AvgIpc) is 2.85. The van der Waals surface area contributed by atoms with Crippen molar-refractivity contribution in [1.29, 1.82) is 0 Å². The standard InChI is InChI=1S/C27H26Cl2N4O2/c1-4-15-32(27(35)30-19-11-14-22(28)23(29)16-19)18(3)25-31-24-8-6-5-7-21(24)26(34)33(25)20-12-9-17(2)10-13-20/h5-14,16,18H,4,15H2,1-3H3,(H,30,35)/t18-/m1/s1. The molecule has 1 heterocycles. The van der Waals surface area contributed by atoms with E-state index >= 15 is 0 Å². The Morgan fingerprint density at radius 2 is 1.77 bits per heavy atom. The van der Waals surface area contributed by atoms with Gasteiger partial charge in [-0.05, 0) is 62.7 Å². The van der Waals surface area contributed by atoms with Gasteiger partial charge in [-0.2, -0.15) is 0 Å². The first kappa shape index (κ1) is 24.8. The number of carbonyl (C=O) groups is 1. The molecule has 1 N–H and O–H groups in total. The SMILES string of the molecule is CCCN(C(=O)Nc1ccc(Cl)c(Cl)c1)[C@H](C)c1nc2ccccc2c(=O)n1-c1ccc(C)cc1. The van der Waals surface area contributed by atoms with Crippen LogP contribution in [0.5, 0.6) is 0 Å². The van der Waals surface area contributed by atoms with Gasteiger partial charge in [0.15, 0.2) is 0 Å². The number of nitrogens with one attached hydrogen (secondary N) is 1. The third kappa shape index (κ3) is 5.19. The highest BCUT2D eigenvalue weighted by Crippen LogP contribution is 2.27. The molecule has 0 saturated carbocycles. The number of amides is 2. The van der Waals surface area contributed by atoms with Gasteiger partial charge < -0.3 is 10.2 Å². The number of benzene rings is 3. The van der Waals surface area contributed by atoms with E-state index in [1.807, 2.05) is 63.2 Å². The zero-order chi connectivity index (χ0) is 25.1. The van der Waals surface area contributed by atoms with Crippen LogP contribution in [0, 0.1) is 6.92 Å². The molecular weight excluding hydrogens is 483 g/mol. The lowest BCUT2D eigenvalue weighted by atomic mass is 10.1. The van der Waals surface area contributed by atoms with Gasteiger partial charge in [-0.15, -0.1) is 0 Å². The molecule has 0 aliphatic heterocycles. The van der Waals surface area contributed by atoms with Crippen molar-refractivity contribution in [2.24, 2.45) is 0 Å². The number of aryl methyl sites for hydroxylation is 1. The number of anilines is 1. The monoisotopic (exact) mass is 508 g/mol. The Hall–Kier alpha value is -3.35.